The third-order valence-corrected chi connectivity index (χ3v) is 8.45. The number of halogens is 1. The number of nitrogens with zero attached hydrogens (tertiary/aromatic N) is 3. The molecule has 2 aliphatic carbocycles. The third kappa shape index (κ3) is 6.16. The molecule has 1 aromatic heterocycles. The van der Waals surface area contributed by atoms with Crippen molar-refractivity contribution >= 4 is 11.9 Å². The number of anilines is 1. The van der Waals surface area contributed by atoms with E-state index >= 15 is 0 Å². The van der Waals surface area contributed by atoms with Gasteiger partial charge in [-0.2, -0.15) is 0 Å². The van der Waals surface area contributed by atoms with Gasteiger partial charge in [-0.1, -0.05) is 18.9 Å². The Labute approximate surface area is 214 Å². The average molecular weight is 495 g/mol. The molecule has 1 amide bonds. The maximum atomic E-state index is 14.6. The Balaban J connectivity index is 1.01. The molecule has 0 spiro atoms. The second kappa shape index (κ2) is 10.7. The molecule has 36 heavy (non-hydrogen) atoms. The highest BCUT2D eigenvalue weighted by Gasteiger charge is 2.43. The number of carbonyl (C=O) groups is 1. The van der Waals surface area contributed by atoms with Gasteiger partial charge in [0.1, 0.15) is 11.6 Å². The first-order valence-corrected chi connectivity index (χ1v) is 13.6. The van der Waals surface area contributed by atoms with E-state index in [1.807, 2.05) is 19.3 Å². The summed E-state index contributed by atoms with van der Waals surface area (Å²) in [6.07, 6.45) is 12.8. The van der Waals surface area contributed by atoms with Crippen LogP contribution >= 0.6 is 0 Å². The van der Waals surface area contributed by atoms with Gasteiger partial charge in [0.25, 0.3) is 0 Å². The van der Waals surface area contributed by atoms with Crippen molar-refractivity contribution in [2.24, 2.45) is 17.8 Å². The SMILES string of the molecule is Cc1cnc(N2CCC([C@H]3C[C@H]3CCOc3ccc(CC(=O)NC4(C)CCCC4)c(F)c3)CC2)nc1. The lowest BCUT2D eigenvalue weighted by atomic mass is 9.90. The number of piperidine rings is 1. The number of benzene rings is 1. The van der Waals surface area contributed by atoms with Crippen molar-refractivity contribution in [3.8, 4) is 5.75 Å². The smallest absolute Gasteiger partial charge is 0.225 e. The first-order chi connectivity index (χ1) is 17.4. The molecule has 3 fully saturated rings. The molecule has 3 aliphatic rings. The van der Waals surface area contributed by atoms with Gasteiger partial charge in [-0.15, -0.1) is 0 Å². The number of ether oxygens (including phenoxy) is 1. The minimum absolute atomic E-state index is 0.0698. The van der Waals surface area contributed by atoms with Crippen molar-refractivity contribution in [3.05, 3.63) is 47.5 Å². The van der Waals surface area contributed by atoms with Crippen LogP contribution in [0.15, 0.2) is 30.6 Å². The van der Waals surface area contributed by atoms with E-state index in [2.05, 4.69) is 27.1 Å². The molecule has 1 aliphatic heterocycles. The van der Waals surface area contributed by atoms with Crippen molar-refractivity contribution in [3.63, 3.8) is 0 Å². The Morgan fingerprint density at radius 1 is 1.19 bits per heavy atom. The largest absolute Gasteiger partial charge is 0.493 e. The van der Waals surface area contributed by atoms with Crippen molar-refractivity contribution in [2.75, 3.05) is 24.6 Å². The van der Waals surface area contributed by atoms with Crippen molar-refractivity contribution in [1.29, 1.82) is 0 Å². The van der Waals surface area contributed by atoms with E-state index in [9.17, 15) is 9.18 Å². The number of aromatic nitrogens is 2. The minimum Gasteiger partial charge on any atom is -0.493 e. The highest BCUT2D eigenvalue weighted by atomic mass is 19.1. The molecule has 7 heteroatoms. The van der Waals surface area contributed by atoms with Crippen molar-refractivity contribution in [2.45, 2.75) is 77.2 Å². The van der Waals surface area contributed by atoms with Crippen molar-refractivity contribution in [1.82, 2.24) is 15.3 Å². The van der Waals surface area contributed by atoms with Gasteiger partial charge < -0.3 is 15.0 Å². The molecule has 194 valence electrons. The van der Waals surface area contributed by atoms with E-state index < -0.39 is 0 Å². The van der Waals surface area contributed by atoms with E-state index in [-0.39, 0.29) is 23.7 Å². The van der Waals surface area contributed by atoms with E-state index in [0.717, 1.165) is 68.5 Å². The number of hydrogen-bond acceptors (Lipinski definition) is 5. The molecule has 0 unspecified atom stereocenters. The predicted molar refractivity (Wildman–Crippen MR) is 139 cm³/mol. The number of amides is 1. The number of nitrogens with one attached hydrogen (secondary N) is 1. The summed E-state index contributed by atoms with van der Waals surface area (Å²) in [7, 11) is 0. The van der Waals surface area contributed by atoms with Crippen LogP contribution in [-0.4, -0.2) is 41.1 Å². The summed E-state index contributed by atoms with van der Waals surface area (Å²) < 4.78 is 20.5. The van der Waals surface area contributed by atoms with Crippen LogP contribution in [0.2, 0.25) is 0 Å². The van der Waals surface area contributed by atoms with Crippen LogP contribution in [0, 0.1) is 30.5 Å². The quantitative estimate of drug-likeness (QED) is 0.517. The molecular formula is C29H39FN4O2. The summed E-state index contributed by atoms with van der Waals surface area (Å²) >= 11 is 0. The molecule has 0 radical (unpaired) electrons. The number of hydrogen-bond donors (Lipinski definition) is 1. The van der Waals surface area contributed by atoms with Crippen molar-refractivity contribution < 1.29 is 13.9 Å². The fourth-order valence-corrected chi connectivity index (χ4v) is 6.18. The van der Waals surface area contributed by atoms with Gasteiger partial charge in [-0.05, 0) is 87.3 Å². The molecule has 1 aromatic carbocycles. The zero-order valence-corrected chi connectivity index (χ0v) is 21.6. The lowest BCUT2D eigenvalue weighted by molar-refractivity contribution is -0.122. The minimum atomic E-state index is -0.368. The van der Waals surface area contributed by atoms with Gasteiger partial charge in [-0.25, -0.2) is 14.4 Å². The van der Waals surface area contributed by atoms with Crippen LogP contribution in [0.3, 0.4) is 0 Å². The molecule has 6 nitrogen and oxygen atoms in total. The first-order valence-electron chi connectivity index (χ1n) is 13.6. The maximum absolute atomic E-state index is 14.6. The summed E-state index contributed by atoms with van der Waals surface area (Å²) in [6, 6.07) is 4.90. The number of aryl methyl sites for hydroxylation is 1. The second-order valence-electron chi connectivity index (χ2n) is 11.4. The summed E-state index contributed by atoms with van der Waals surface area (Å²) in [4.78, 5) is 23.7. The fraction of sp³-hybridized carbons (Fsp3) is 0.621. The van der Waals surface area contributed by atoms with Gasteiger partial charge in [0.15, 0.2) is 0 Å². The average Bonchev–Trinajstić information content (AvgIpc) is 3.51. The van der Waals surface area contributed by atoms with Crippen LogP contribution in [-0.2, 0) is 11.2 Å². The topological polar surface area (TPSA) is 67.4 Å². The zero-order chi connectivity index (χ0) is 25.1. The third-order valence-electron chi connectivity index (χ3n) is 8.45. The van der Waals surface area contributed by atoms with Gasteiger partial charge >= 0.3 is 0 Å². The summed E-state index contributed by atoms with van der Waals surface area (Å²) in [5.41, 5.74) is 1.38. The lowest BCUT2D eigenvalue weighted by Crippen LogP contribution is -2.44. The van der Waals surface area contributed by atoms with Crippen LogP contribution in [0.25, 0.3) is 0 Å². The Kier molecular flexibility index (Phi) is 7.44. The van der Waals surface area contributed by atoms with Crippen LogP contribution in [0.5, 0.6) is 5.75 Å². The van der Waals surface area contributed by atoms with Gasteiger partial charge in [0.05, 0.1) is 13.0 Å². The molecule has 2 saturated carbocycles. The Hall–Kier alpha value is -2.70. The van der Waals surface area contributed by atoms with E-state index in [4.69, 9.17) is 4.74 Å². The highest BCUT2D eigenvalue weighted by Crippen LogP contribution is 2.49. The summed E-state index contributed by atoms with van der Waals surface area (Å²) in [6.45, 7) is 6.75. The Bertz CT molecular complexity index is 1050. The van der Waals surface area contributed by atoms with Crippen LogP contribution in [0.1, 0.15) is 69.4 Å². The fourth-order valence-electron chi connectivity index (χ4n) is 6.18. The molecule has 0 bridgehead atoms. The standard InChI is InChI=1S/C29H39FN4O2/c1-20-18-31-28(32-19-20)34-12-7-21(8-13-34)25-15-22(25)9-14-36-24-6-5-23(26(30)17-24)16-27(35)33-29(2)10-3-4-11-29/h5-6,17-19,21-22,25H,3-4,7-16H2,1-2H3,(H,33,35)/t22-,25-/m1/s1. The monoisotopic (exact) mass is 494 g/mol. The maximum Gasteiger partial charge on any atom is 0.225 e. The Morgan fingerprint density at radius 2 is 1.92 bits per heavy atom. The van der Waals surface area contributed by atoms with E-state index in [0.29, 0.717) is 23.8 Å². The second-order valence-corrected chi connectivity index (χ2v) is 11.4. The van der Waals surface area contributed by atoms with E-state index in [1.165, 1.54) is 25.3 Å². The number of rotatable bonds is 9. The predicted octanol–water partition coefficient (Wildman–Crippen LogP) is 5.24. The molecule has 5 rings (SSSR count). The van der Waals surface area contributed by atoms with Gasteiger partial charge in [0, 0.05) is 37.1 Å². The molecule has 2 heterocycles. The molecule has 2 atom stereocenters. The Morgan fingerprint density at radius 3 is 2.61 bits per heavy atom. The van der Waals surface area contributed by atoms with Gasteiger partial charge in [0.2, 0.25) is 11.9 Å². The molecule has 1 N–H and O–H groups in total. The van der Waals surface area contributed by atoms with Crippen LogP contribution in [0.4, 0.5) is 10.3 Å². The first kappa shape index (κ1) is 25.0. The van der Waals surface area contributed by atoms with Crippen LogP contribution < -0.4 is 15.0 Å². The molecule has 1 saturated heterocycles. The number of carbonyl (C=O) groups excluding carboxylic acids is 1. The summed E-state index contributed by atoms with van der Waals surface area (Å²) in [5, 5.41) is 3.10. The lowest BCUT2D eigenvalue weighted by Gasteiger charge is -2.32. The normalized spacial score (nSPS) is 23.5. The summed E-state index contributed by atoms with van der Waals surface area (Å²) in [5.74, 6) is 3.18. The highest BCUT2D eigenvalue weighted by molar-refractivity contribution is 5.79. The molecular weight excluding hydrogens is 455 g/mol. The van der Waals surface area contributed by atoms with Gasteiger partial charge in [-0.3, -0.25) is 4.79 Å². The van der Waals surface area contributed by atoms with E-state index in [1.54, 1.807) is 12.1 Å². The zero-order valence-electron chi connectivity index (χ0n) is 21.6. The molecule has 2 aromatic rings.